The van der Waals surface area contributed by atoms with Crippen molar-refractivity contribution in [3.05, 3.63) is 30.3 Å². The summed E-state index contributed by atoms with van der Waals surface area (Å²) in [5, 5.41) is 0. The van der Waals surface area contributed by atoms with E-state index in [0.29, 0.717) is 13.0 Å². The first-order chi connectivity index (χ1) is 8.89. The first-order valence-corrected chi connectivity index (χ1v) is 7.59. The second kappa shape index (κ2) is 6.68. The number of nitrogens with zero attached hydrogens (tertiary/aromatic N) is 2. The van der Waals surface area contributed by atoms with Gasteiger partial charge in [-0.3, -0.25) is 4.79 Å². The summed E-state index contributed by atoms with van der Waals surface area (Å²) in [5.41, 5.74) is 0. The fourth-order valence-corrected chi connectivity index (χ4v) is 3.07. The van der Waals surface area contributed by atoms with Gasteiger partial charge in [-0.25, -0.2) is 8.42 Å². The average Bonchev–Trinajstić information content (AvgIpc) is 2.39. The SMILES string of the molecule is CCCN(CC(=O)N(C)C)S(=O)(=O)c1ccccc1. The molecule has 0 aliphatic heterocycles. The van der Waals surface area contributed by atoms with Crippen LogP contribution in [0.1, 0.15) is 13.3 Å². The summed E-state index contributed by atoms with van der Waals surface area (Å²) >= 11 is 0. The summed E-state index contributed by atoms with van der Waals surface area (Å²) in [4.78, 5) is 13.3. The zero-order valence-corrected chi connectivity index (χ0v) is 12.4. The number of hydrogen-bond donors (Lipinski definition) is 0. The van der Waals surface area contributed by atoms with Crippen molar-refractivity contribution in [3.63, 3.8) is 0 Å². The van der Waals surface area contributed by atoms with Crippen LogP contribution in [-0.4, -0.2) is 50.7 Å². The number of amides is 1. The maximum atomic E-state index is 12.4. The molecule has 0 aliphatic rings. The van der Waals surface area contributed by atoms with Crippen LogP contribution >= 0.6 is 0 Å². The smallest absolute Gasteiger partial charge is 0.243 e. The van der Waals surface area contributed by atoms with Gasteiger partial charge in [0, 0.05) is 20.6 Å². The minimum absolute atomic E-state index is 0.127. The van der Waals surface area contributed by atoms with Crippen LogP contribution in [0.15, 0.2) is 35.2 Å². The van der Waals surface area contributed by atoms with Crippen molar-refractivity contribution in [3.8, 4) is 0 Å². The van der Waals surface area contributed by atoms with E-state index in [2.05, 4.69) is 0 Å². The van der Waals surface area contributed by atoms with E-state index in [-0.39, 0.29) is 17.3 Å². The van der Waals surface area contributed by atoms with Crippen molar-refractivity contribution < 1.29 is 13.2 Å². The predicted octanol–water partition coefficient (Wildman–Crippen LogP) is 1.18. The Morgan fingerprint density at radius 3 is 2.21 bits per heavy atom. The number of benzene rings is 1. The Bertz CT molecular complexity index is 512. The van der Waals surface area contributed by atoms with Crippen LogP contribution in [0.2, 0.25) is 0 Å². The highest BCUT2D eigenvalue weighted by atomic mass is 32.2. The lowest BCUT2D eigenvalue weighted by Gasteiger charge is -2.22. The highest BCUT2D eigenvalue weighted by Crippen LogP contribution is 2.15. The first-order valence-electron chi connectivity index (χ1n) is 6.15. The van der Waals surface area contributed by atoms with Crippen LogP contribution in [0.5, 0.6) is 0 Å². The lowest BCUT2D eigenvalue weighted by molar-refractivity contribution is -0.128. The first kappa shape index (κ1) is 15.7. The van der Waals surface area contributed by atoms with E-state index in [4.69, 9.17) is 0 Å². The van der Waals surface area contributed by atoms with Gasteiger partial charge in [0.15, 0.2) is 0 Å². The maximum absolute atomic E-state index is 12.4. The molecule has 0 saturated heterocycles. The molecule has 0 fully saturated rings. The molecule has 0 bridgehead atoms. The van der Waals surface area contributed by atoms with E-state index in [1.807, 2.05) is 6.92 Å². The molecule has 0 aromatic heterocycles. The van der Waals surface area contributed by atoms with E-state index in [0.717, 1.165) is 0 Å². The standard InChI is InChI=1S/C13H20N2O3S/c1-4-10-15(11-13(16)14(2)3)19(17,18)12-8-6-5-7-9-12/h5-9H,4,10-11H2,1-3H3. The highest BCUT2D eigenvalue weighted by molar-refractivity contribution is 7.89. The Morgan fingerprint density at radius 1 is 1.16 bits per heavy atom. The molecule has 0 heterocycles. The van der Waals surface area contributed by atoms with Crippen molar-refractivity contribution in [2.45, 2.75) is 18.2 Å². The van der Waals surface area contributed by atoms with E-state index in [1.54, 1.807) is 32.3 Å². The molecule has 0 radical (unpaired) electrons. The van der Waals surface area contributed by atoms with Gasteiger partial charge in [0.25, 0.3) is 0 Å². The Kier molecular flexibility index (Phi) is 5.50. The van der Waals surface area contributed by atoms with Gasteiger partial charge in [-0.1, -0.05) is 25.1 Å². The Balaban J connectivity index is 3.02. The van der Waals surface area contributed by atoms with Crippen LogP contribution < -0.4 is 0 Å². The fourth-order valence-electron chi connectivity index (χ4n) is 1.57. The van der Waals surface area contributed by atoms with Gasteiger partial charge in [0.1, 0.15) is 0 Å². The second-order valence-electron chi connectivity index (χ2n) is 4.44. The molecule has 0 saturated carbocycles. The number of rotatable bonds is 6. The van der Waals surface area contributed by atoms with Crippen molar-refractivity contribution >= 4 is 15.9 Å². The Labute approximate surface area is 114 Å². The van der Waals surface area contributed by atoms with Gasteiger partial charge in [-0.2, -0.15) is 4.31 Å². The molecule has 1 rings (SSSR count). The molecule has 19 heavy (non-hydrogen) atoms. The van der Waals surface area contributed by atoms with Crippen molar-refractivity contribution in [2.75, 3.05) is 27.2 Å². The topological polar surface area (TPSA) is 57.7 Å². The molecule has 0 atom stereocenters. The molecule has 1 amide bonds. The number of hydrogen-bond acceptors (Lipinski definition) is 3. The van der Waals surface area contributed by atoms with Gasteiger partial charge in [0.2, 0.25) is 15.9 Å². The molecule has 1 aromatic rings. The van der Waals surface area contributed by atoms with Gasteiger partial charge < -0.3 is 4.90 Å². The van der Waals surface area contributed by atoms with Crippen molar-refractivity contribution in [1.29, 1.82) is 0 Å². The lowest BCUT2D eigenvalue weighted by Crippen LogP contribution is -2.40. The third kappa shape index (κ3) is 4.04. The molecule has 6 heteroatoms. The number of carbonyl (C=O) groups is 1. The zero-order chi connectivity index (χ0) is 14.5. The van der Waals surface area contributed by atoms with Crippen molar-refractivity contribution in [2.24, 2.45) is 0 Å². The van der Waals surface area contributed by atoms with Gasteiger partial charge in [-0.05, 0) is 18.6 Å². The molecule has 0 spiro atoms. The summed E-state index contributed by atoms with van der Waals surface area (Å²) < 4.78 is 26.1. The highest BCUT2D eigenvalue weighted by Gasteiger charge is 2.26. The normalized spacial score (nSPS) is 11.6. The quantitative estimate of drug-likeness (QED) is 0.788. The molecule has 1 aromatic carbocycles. The van der Waals surface area contributed by atoms with Gasteiger partial charge in [0.05, 0.1) is 11.4 Å². The fraction of sp³-hybridized carbons (Fsp3) is 0.462. The number of carbonyl (C=O) groups excluding carboxylic acids is 1. The Hall–Kier alpha value is -1.40. The monoisotopic (exact) mass is 284 g/mol. The predicted molar refractivity (Wildman–Crippen MR) is 74.2 cm³/mol. The summed E-state index contributed by atoms with van der Waals surface area (Å²) in [7, 11) is -0.381. The number of likely N-dealkylation sites (N-methyl/N-ethyl adjacent to an activating group) is 1. The van der Waals surface area contributed by atoms with Crippen LogP contribution in [0, 0.1) is 0 Å². The summed E-state index contributed by atoms with van der Waals surface area (Å²) in [6.07, 6.45) is 0.659. The minimum atomic E-state index is -3.61. The molecule has 106 valence electrons. The van der Waals surface area contributed by atoms with E-state index >= 15 is 0 Å². The lowest BCUT2D eigenvalue weighted by atomic mass is 10.4. The summed E-state index contributed by atoms with van der Waals surface area (Å²) in [6.45, 7) is 2.09. The zero-order valence-electron chi connectivity index (χ0n) is 11.5. The minimum Gasteiger partial charge on any atom is -0.348 e. The van der Waals surface area contributed by atoms with Gasteiger partial charge >= 0.3 is 0 Å². The van der Waals surface area contributed by atoms with Crippen LogP contribution in [0.25, 0.3) is 0 Å². The average molecular weight is 284 g/mol. The second-order valence-corrected chi connectivity index (χ2v) is 6.38. The van der Waals surface area contributed by atoms with Crippen molar-refractivity contribution in [1.82, 2.24) is 9.21 Å². The molecular formula is C13H20N2O3S. The van der Waals surface area contributed by atoms with E-state index < -0.39 is 10.0 Å². The molecule has 5 nitrogen and oxygen atoms in total. The summed E-state index contributed by atoms with van der Waals surface area (Å²) in [5.74, 6) is -0.229. The van der Waals surface area contributed by atoms with Crippen LogP contribution in [0.4, 0.5) is 0 Å². The molecular weight excluding hydrogens is 264 g/mol. The van der Waals surface area contributed by atoms with Crippen LogP contribution in [-0.2, 0) is 14.8 Å². The number of sulfonamides is 1. The molecule has 0 N–H and O–H groups in total. The van der Waals surface area contributed by atoms with Crippen LogP contribution in [0.3, 0.4) is 0 Å². The van der Waals surface area contributed by atoms with E-state index in [9.17, 15) is 13.2 Å². The van der Waals surface area contributed by atoms with Gasteiger partial charge in [-0.15, -0.1) is 0 Å². The third-order valence-corrected chi connectivity index (χ3v) is 4.52. The summed E-state index contributed by atoms with van der Waals surface area (Å²) in [6, 6.07) is 8.18. The van der Waals surface area contributed by atoms with E-state index in [1.165, 1.54) is 21.3 Å². The maximum Gasteiger partial charge on any atom is 0.243 e. The Morgan fingerprint density at radius 2 is 1.74 bits per heavy atom. The molecule has 0 aliphatic carbocycles. The molecule has 0 unspecified atom stereocenters. The third-order valence-electron chi connectivity index (χ3n) is 2.66. The largest absolute Gasteiger partial charge is 0.348 e.